The predicted molar refractivity (Wildman–Crippen MR) is 98.9 cm³/mol. The molecule has 0 aliphatic rings. The molecule has 1 aromatic carbocycles. The molecule has 2 aromatic heterocycles. The first-order valence-corrected chi connectivity index (χ1v) is 9.43. The van der Waals surface area contributed by atoms with Crippen molar-refractivity contribution in [2.75, 3.05) is 5.75 Å². The Morgan fingerprint density at radius 2 is 1.96 bits per heavy atom. The van der Waals surface area contributed by atoms with E-state index in [2.05, 4.69) is 17.1 Å². The third-order valence-corrected chi connectivity index (χ3v) is 4.89. The number of aryl methyl sites for hydroxylation is 1. The number of carbonyl (C=O) groups is 1. The van der Waals surface area contributed by atoms with Crippen LogP contribution in [-0.2, 0) is 13.0 Å². The fourth-order valence-electron chi connectivity index (χ4n) is 2.63. The molecule has 0 aliphatic heterocycles. The zero-order chi connectivity index (χ0) is 17.6. The quantitative estimate of drug-likeness (QED) is 0.440. The van der Waals surface area contributed by atoms with Gasteiger partial charge in [-0.15, -0.1) is 10.2 Å². The van der Waals surface area contributed by atoms with Crippen molar-refractivity contribution in [2.45, 2.75) is 38.4 Å². The molecule has 0 saturated carbocycles. The SMILES string of the molecule is CCCc1ccc(C(=O)CSc2nnc(-c3ccco3)n2CC)cc1. The van der Waals surface area contributed by atoms with Crippen LogP contribution in [0.25, 0.3) is 11.6 Å². The Labute approximate surface area is 151 Å². The molecule has 0 atom stereocenters. The van der Waals surface area contributed by atoms with Gasteiger partial charge in [0.2, 0.25) is 0 Å². The van der Waals surface area contributed by atoms with E-state index in [0.29, 0.717) is 23.9 Å². The molecule has 130 valence electrons. The van der Waals surface area contributed by atoms with E-state index < -0.39 is 0 Å². The van der Waals surface area contributed by atoms with Crippen LogP contribution in [0.1, 0.15) is 36.2 Å². The lowest BCUT2D eigenvalue weighted by Gasteiger charge is -2.06. The number of furan rings is 1. The number of ketones is 1. The van der Waals surface area contributed by atoms with Gasteiger partial charge in [-0.3, -0.25) is 9.36 Å². The molecule has 0 radical (unpaired) electrons. The molecule has 3 rings (SSSR count). The van der Waals surface area contributed by atoms with Gasteiger partial charge in [-0.05, 0) is 31.0 Å². The first-order valence-electron chi connectivity index (χ1n) is 8.45. The van der Waals surface area contributed by atoms with Crippen molar-refractivity contribution in [2.24, 2.45) is 0 Å². The molecule has 0 unspecified atom stereocenters. The Kier molecular flexibility index (Phi) is 5.71. The highest BCUT2D eigenvalue weighted by molar-refractivity contribution is 7.99. The highest BCUT2D eigenvalue weighted by Gasteiger charge is 2.16. The van der Waals surface area contributed by atoms with Crippen molar-refractivity contribution in [3.63, 3.8) is 0 Å². The number of hydrogen-bond donors (Lipinski definition) is 0. The van der Waals surface area contributed by atoms with Crippen molar-refractivity contribution in [1.29, 1.82) is 0 Å². The Morgan fingerprint density at radius 1 is 1.16 bits per heavy atom. The topological polar surface area (TPSA) is 60.9 Å². The molecule has 0 N–H and O–H groups in total. The molecule has 0 saturated heterocycles. The number of rotatable bonds is 8. The average Bonchev–Trinajstić information content (AvgIpc) is 3.29. The first kappa shape index (κ1) is 17.5. The summed E-state index contributed by atoms with van der Waals surface area (Å²) in [7, 11) is 0. The lowest BCUT2D eigenvalue weighted by Crippen LogP contribution is -2.05. The van der Waals surface area contributed by atoms with E-state index >= 15 is 0 Å². The van der Waals surface area contributed by atoms with Gasteiger partial charge in [0, 0.05) is 12.1 Å². The normalized spacial score (nSPS) is 11.0. The summed E-state index contributed by atoms with van der Waals surface area (Å²) in [6.45, 7) is 4.88. The molecule has 0 fully saturated rings. The fraction of sp³-hybridized carbons (Fsp3) is 0.316. The zero-order valence-electron chi connectivity index (χ0n) is 14.4. The van der Waals surface area contributed by atoms with Crippen molar-refractivity contribution in [3.8, 4) is 11.6 Å². The van der Waals surface area contributed by atoms with E-state index in [0.717, 1.165) is 23.6 Å². The molecule has 0 amide bonds. The summed E-state index contributed by atoms with van der Waals surface area (Å²) in [5.41, 5.74) is 2.00. The molecule has 3 aromatic rings. The summed E-state index contributed by atoms with van der Waals surface area (Å²) in [6.07, 6.45) is 3.76. The van der Waals surface area contributed by atoms with Gasteiger partial charge in [-0.2, -0.15) is 0 Å². The second-order valence-corrected chi connectivity index (χ2v) is 6.63. The number of carbonyl (C=O) groups excluding carboxylic acids is 1. The summed E-state index contributed by atoms with van der Waals surface area (Å²) < 4.78 is 7.36. The van der Waals surface area contributed by atoms with E-state index in [1.165, 1.54) is 17.3 Å². The zero-order valence-corrected chi connectivity index (χ0v) is 15.3. The lowest BCUT2D eigenvalue weighted by atomic mass is 10.1. The van der Waals surface area contributed by atoms with E-state index in [4.69, 9.17) is 4.42 Å². The minimum atomic E-state index is 0.0956. The average molecular weight is 355 g/mol. The third-order valence-electron chi connectivity index (χ3n) is 3.92. The molecule has 2 heterocycles. The minimum absolute atomic E-state index is 0.0956. The minimum Gasteiger partial charge on any atom is -0.461 e. The monoisotopic (exact) mass is 355 g/mol. The summed E-state index contributed by atoms with van der Waals surface area (Å²) in [6, 6.07) is 11.6. The van der Waals surface area contributed by atoms with Gasteiger partial charge >= 0.3 is 0 Å². The second-order valence-electron chi connectivity index (χ2n) is 5.69. The molecule has 0 aliphatic carbocycles. The Hall–Kier alpha value is -2.34. The van der Waals surface area contributed by atoms with Gasteiger partial charge in [-0.1, -0.05) is 49.4 Å². The van der Waals surface area contributed by atoms with Gasteiger partial charge < -0.3 is 4.42 Å². The highest BCUT2D eigenvalue weighted by Crippen LogP contribution is 2.24. The maximum atomic E-state index is 12.4. The number of aromatic nitrogens is 3. The molecule has 0 bridgehead atoms. The Bertz CT molecular complexity index is 823. The number of Topliss-reactive ketones (excluding diaryl/α,β-unsaturated/α-hetero) is 1. The molecular weight excluding hydrogens is 334 g/mol. The largest absolute Gasteiger partial charge is 0.461 e. The van der Waals surface area contributed by atoms with Crippen LogP contribution in [0.15, 0.2) is 52.2 Å². The fourth-order valence-corrected chi connectivity index (χ4v) is 3.52. The smallest absolute Gasteiger partial charge is 0.200 e. The van der Waals surface area contributed by atoms with Crippen LogP contribution in [0.4, 0.5) is 0 Å². The van der Waals surface area contributed by atoms with E-state index in [9.17, 15) is 4.79 Å². The van der Waals surface area contributed by atoms with Crippen LogP contribution < -0.4 is 0 Å². The summed E-state index contributed by atoms with van der Waals surface area (Å²) in [5.74, 6) is 1.80. The van der Waals surface area contributed by atoms with Crippen molar-refractivity contribution in [1.82, 2.24) is 14.8 Å². The maximum absolute atomic E-state index is 12.4. The van der Waals surface area contributed by atoms with Gasteiger partial charge in [0.25, 0.3) is 0 Å². The number of thioether (sulfide) groups is 1. The second kappa shape index (κ2) is 8.16. The number of benzene rings is 1. The number of hydrogen-bond acceptors (Lipinski definition) is 5. The van der Waals surface area contributed by atoms with E-state index in [-0.39, 0.29) is 5.78 Å². The maximum Gasteiger partial charge on any atom is 0.200 e. The van der Waals surface area contributed by atoms with Crippen LogP contribution >= 0.6 is 11.8 Å². The molecule has 25 heavy (non-hydrogen) atoms. The summed E-state index contributed by atoms with van der Waals surface area (Å²) in [4.78, 5) is 12.4. The van der Waals surface area contributed by atoms with Crippen LogP contribution in [0.2, 0.25) is 0 Å². The van der Waals surface area contributed by atoms with Crippen LogP contribution in [0.3, 0.4) is 0 Å². The number of nitrogens with zero attached hydrogens (tertiary/aromatic N) is 3. The van der Waals surface area contributed by atoms with E-state index in [1.54, 1.807) is 6.26 Å². The summed E-state index contributed by atoms with van der Waals surface area (Å²) >= 11 is 1.41. The van der Waals surface area contributed by atoms with Crippen molar-refractivity contribution >= 4 is 17.5 Å². The lowest BCUT2D eigenvalue weighted by molar-refractivity contribution is 0.102. The van der Waals surface area contributed by atoms with Gasteiger partial charge in [0.1, 0.15) is 0 Å². The van der Waals surface area contributed by atoms with Crippen molar-refractivity contribution in [3.05, 3.63) is 53.8 Å². The molecule has 6 heteroatoms. The third kappa shape index (κ3) is 4.02. The first-order chi connectivity index (χ1) is 12.2. The van der Waals surface area contributed by atoms with Gasteiger partial charge in [0.15, 0.2) is 22.5 Å². The highest BCUT2D eigenvalue weighted by atomic mass is 32.2. The molecular formula is C19H21N3O2S. The van der Waals surface area contributed by atoms with Crippen LogP contribution in [0.5, 0.6) is 0 Å². The van der Waals surface area contributed by atoms with Crippen molar-refractivity contribution < 1.29 is 9.21 Å². The van der Waals surface area contributed by atoms with Gasteiger partial charge in [-0.25, -0.2) is 0 Å². The Balaban J connectivity index is 1.68. The standard InChI is InChI=1S/C19H21N3O2S/c1-3-6-14-8-10-15(11-9-14)16(23)13-25-19-21-20-18(22(19)4-2)17-7-5-12-24-17/h5,7-12H,3-4,6,13H2,1-2H3. The molecule has 0 spiro atoms. The summed E-state index contributed by atoms with van der Waals surface area (Å²) in [5, 5.41) is 9.14. The van der Waals surface area contributed by atoms with Crippen LogP contribution in [0, 0.1) is 0 Å². The molecule has 5 nitrogen and oxygen atoms in total. The van der Waals surface area contributed by atoms with Crippen LogP contribution in [-0.4, -0.2) is 26.3 Å². The predicted octanol–water partition coefficient (Wildman–Crippen LogP) is 4.49. The Morgan fingerprint density at radius 3 is 2.60 bits per heavy atom. The van der Waals surface area contributed by atoms with Gasteiger partial charge in [0.05, 0.1) is 12.0 Å². The van der Waals surface area contributed by atoms with E-state index in [1.807, 2.05) is 47.9 Å².